The first-order valence-corrected chi connectivity index (χ1v) is 8.34. The standard InChI is InChI=1S/C17H35N3O/c1-16(2,3)10-12-19-15(18-4)20-14-17(11-13-21-5)8-6-7-9-17/h6-14H2,1-5H3,(H2,18,19,20). The molecule has 0 aromatic heterocycles. The van der Waals surface area contributed by atoms with E-state index in [2.05, 4.69) is 36.4 Å². The molecule has 1 aliphatic carbocycles. The lowest BCUT2D eigenvalue weighted by Gasteiger charge is -2.30. The molecule has 0 amide bonds. The number of hydrogen-bond donors (Lipinski definition) is 2. The number of nitrogens with one attached hydrogen (secondary N) is 2. The van der Waals surface area contributed by atoms with E-state index in [1.54, 1.807) is 7.11 Å². The Balaban J connectivity index is 2.38. The molecule has 1 saturated carbocycles. The molecule has 0 aromatic carbocycles. The Morgan fingerprint density at radius 1 is 1.19 bits per heavy atom. The zero-order valence-corrected chi connectivity index (χ0v) is 14.7. The van der Waals surface area contributed by atoms with Crippen LogP contribution in [-0.2, 0) is 4.74 Å². The maximum Gasteiger partial charge on any atom is 0.190 e. The van der Waals surface area contributed by atoms with E-state index in [0.29, 0.717) is 10.8 Å². The summed E-state index contributed by atoms with van der Waals surface area (Å²) in [5.41, 5.74) is 0.759. The number of methoxy groups -OCH3 is 1. The average molecular weight is 297 g/mol. The van der Waals surface area contributed by atoms with Gasteiger partial charge in [-0.2, -0.15) is 0 Å². The summed E-state index contributed by atoms with van der Waals surface area (Å²) < 4.78 is 5.29. The van der Waals surface area contributed by atoms with Gasteiger partial charge >= 0.3 is 0 Å². The van der Waals surface area contributed by atoms with Crippen LogP contribution in [0.3, 0.4) is 0 Å². The highest BCUT2D eigenvalue weighted by Gasteiger charge is 2.33. The molecule has 4 heteroatoms. The zero-order chi connectivity index (χ0) is 15.8. The van der Waals surface area contributed by atoms with Crippen LogP contribution >= 0.6 is 0 Å². The molecule has 1 rings (SSSR count). The molecule has 0 aliphatic heterocycles. The third-order valence-electron chi connectivity index (χ3n) is 4.52. The highest BCUT2D eigenvalue weighted by molar-refractivity contribution is 5.79. The van der Waals surface area contributed by atoms with Gasteiger partial charge in [0, 0.05) is 33.9 Å². The van der Waals surface area contributed by atoms with Crippen LogP contribution in [0.5, 0.6) is 0 Å². The molecule has 1 aliphatic rings. The van der Waals surface area contributed by atoms with Crippen molar-refractivity contribution in [3.8, 4) is 0 Å². The lowest BCUT2D eigenvalue weighted by atomic mass is 9.83. The second-order valence-electron chi connectivity index (χ2n) is 7.61. The molecular weight excluding hydrogens is 262 g/mol. The van der Waals surface area contributed by atoms with Crippen molar-refractivity contribution in [2.24, 2.45) is 15.8 Å². The molecular formula is C17H35N3O. The first kappa shape index (κ1) is 18.3. The fourth-order valence-corrected chi connectivity index (χ4v) is 3.01. The summed E-state index contributed by atoms with van der Waals surface area (Å²) >= 11 is 0. The van der Waals surface area contributed by atoms with Crippen LogP contribution in [0.25, 0.3) is 0 Å². The maximum absolute atomic E-state index is 5.29. The normalized spacial score (nSPS) is 18.8. The van der Waals surface area contributed by atoms with Crippen LogP contribution in [-0.4, -0.2) is 39.8 Å². The molecule has 2 N–H and O–H groups in total. The summed E-state index contributed by atoms with van der Waals surface area (Å²) in [7, 11) is 3.64. The fourth-order valence-electron chi connectivity index (χ4n) is 3.01. The van der Waals surface area contributed by atoms with Crippen molar-refractivity contribution >= 4 is 5.96 Å². The third-order valence-corrected chi connectivity index (χ3v) is 4.52. The summed E-state index contributed by atoms with van der Waals surface area (Å²) in [5, 5.41) is 6.96. The Labute approximate surface area is 131 Å². The number of rotatable bonds is 7. The predicted molar refractivity (Wildman–Crippen MR) is 90.8 cm³/mol. The number of guanidine groups is 1. The van der Waals surface area contributed by atoms with Gasteiger partial charge in [0.2, 0.25) is 0 Å². The molecule has 0 unspecified atom stereocenters. The van der Waals surface area contributed by atoms with Gasteiger partial charge in [-0.15, -0.1) is 0 Å². The SMILES string of the molecule is CN=C(NCCC(C)(C)C)NCC1(CCOC)CCCC1. The Morgan fingerprint density at radius 2 is 1.86 bits per heavy atom. The van der Waals surface area contributed by atoms with Gasteiger partial charge in [0.25, 0.3) is 0 Å². The molecule has 0 bridgehead atoms. The number of aliphatic imine (C=N–C) groups is 1. The van der Waals surface area contributed by atoms with Crippen molar-refractivity contribution in [3.05, 3.63) is 0 Å². The van der Waals surface area contributed by atoms with Crippen molar-refractivity contribution in [3.63, 3.8) is 0 Å². The van der Waals surface area contributed by atoms with Crippen molar-refractivity contribution in [1.29, 1.82) is 0 Å². The minimum Gasteiger partial charge on any atom is -0.385 e. The lowest BCUT2D eigenvalue weighted by molar-refractivity contribution is 0.138. The third kappa shape index (κ3) is 7.16. The Morgan fingerprint density at radius 3 is 2.38 bits per heavy atom. The highest BCUT2D eigenvalue weighted by atomic mass is 16.5. The molecule has 4 nitrogen and oxygen atoms in total. The van der Waals surface area contributed by atoms with Gasteiger partial charge in [0.1, 0.15) is 0 Å². The topological polar surface area (TPSA) is 45.7 Å². The summed E-state index contributed by atoms with van der Waals surface area (Å²) in [6.45, 7) is 9.63. The maximum atomic E-state index is 5.29. The molecule has 0 heterocycles. The van der Waals surface area contributed by atoms with Crippen LogP contribution in [0, 0.1) is 10.8 Å². The Kier molecular flexibility index (Phi) is 7.50. The van der Waals surface area contributed by atoms with Crippen LogP contribution in [0.1, 0.15) is 59.3 Å². The summed E-state index contributed by atoms with van der Waals surface area (Å²) in [4.78, 5) is 4.34. The van der Waals surface area contributed by atoms with Crippen LogP contribution in [0.4, 0.5) is 0 Å². The van der Waals surface area contributed by atoms with Gasteiger partial charge in [-0.25, -0.2) is 0 Å². The minimum absolute atomic E-state index is 0.358. The van der Waals surface area contributed by atoms with Crippen LogP contribution in [0.2, 0.25) is 0 Å². The van der Waals surface area contributed by atoms with Crippen molar-refractivity contribution < 1.29 is 4.74 Å². The Bertz CT molecular complexity index is 314. The van der Waals surface area contributed by atoms with Crippen LogP contribution < -0.4 is 10.6 Å². The molecule has 0 aromatic rings. The summed E-state index contributed by atoms with van der Waals surface area (Å²) in [6.07, 6.45) is 7.60. The molecule has 0 radical (unpaired) electrons. The Hall–Kier alpha value is -0.770. The lowest BCUT2D eigenvalue weighted by Crippen LogP contribution is -2.44. The van der Waals surface area contributed by atoms with Crippen molar-refractivity contribution in [2.75, 3.05) is 33.9 Å². The quantitative estimate of drug-likeness (QED) is 0.560. The van der Waals surface area contributed by atoms with Crippen molar-refractivity contribution in [1.82, 2.24) is 10.6 Å². The van der Waals surface area contributed by atoms with Gasteiger partial charge in [0.15, 0.2) is 5.96 Å². The van der Waals surface area contributed by atoms with E-state index < -0.39 is 0 Å². The average Bonchev–Trinajstić information content (AvgIpc) is 2.88. The summed E-state index contributed by atoms with van der Waals surface area (Å²) in [5.74, 6) is 0.933. The van der Waals surface area contributed by atoms with Crippen LogP contribution in [0.15, 0.2) is 4.99 Å². The van der Waals surface area contributed by atoms with E-state index in [9.17, 15) is 0 Å². The molecule has 1 fully saturated rings. The van der Waals surface area contributed by atoms with Gasteiger partial charge < -0.3 is 15.4 Å². The number of nitrogens with zero attached hydrogens (tertiary/aromatic N) is 1. The smallest absolute Gasteiger partial charge is 0.190 e. The molecule has 0 saturated heterocycles. The van der Waals surface area contributed by atoms with E-state index in [4.69, 9.17) is 4.74 Å². The van der Waals surface area contributed by atoms with E-state index in [0.717, 1.165) is 38.5 Å². The first-order chi connectivity index (χ1) is 9.91. The van der Waals surface area contributed by atoms with Gasteiger partial charge in [-0.3, -0.25) is 4.99 Å². The first-order valence-electron chi connectivity index (χ1n) is 8.34. The second kappa shape index (κ2) is 8.62. The molecule has 21 heavy (non-hydrogen) atoms. The van der Waals surface area contributed by atoms with Gasteiger partial charge in [-0.05, 0) is 36.5 Å². The number of hydrogen-bond acceptors (Lipinski definition) is 2. The predicted octanol–water partition coefficient (Wildman–Crippen LogP) is 3.18. The van der Waals surface area contributed by atoms with E-state index >= 15 is 0 Å². The largest absolute Gasteiger partial charge is 0.385 e. The summed E-state index contributed by atoms with van der Waals surface area (Å²) in [6, 6.07) is 0. The van der Waals surface area contributed by atoms with Gasteiger partial charge in [0.05, 0.1) is 0 Å². The van der Waals surface area contributed by atoms with E-state index in [1.165, 1.54) is 25.7 Å². The van der Waals surface area contributed by atoms with E-state index in [-0.39, 0.29) is 0 Å². The molecule has 124 valence electrons. The fraction of sp³-hybridized carbons (Fsp3) is 0.941. The number of ether oxygens (including phenoxy) is 1. The second-order valence-corrected chi connectivity index (χ2v) is 7.61. The highest BCUT2D eigenvalue weighted by Crippen LogP contribution is 2.40. The van der Waals surface area contributed by atoms with E-state index in [1.807, 2.05) is 7.05 Å². The molecule has 0 atom stereocenters. The monoisotopic (exact) mass is 297 g/mol. The minimum atomic E-state index is 0.358. The van der Waals surface area contributed by atoms with Crippen molar-refractivity contribution in [2.45, 2.75) is 59.3 Å². The zero-order valence-electron chi connectivity index (χ0n) is 14.7. The van der Waals surface area contributed by atoms with Gasteiger partial charge in [-0.1, -0.05) is 33.6 Å². The molecule has 0 spiro atoms.